The molecular formula is C9H13N3O2S. The second kappa shape index (κ2) is 2.82. The topological polar surface area (TPSA) is 78.0 Å². The highest BCUT2D eigenvalue weighted by atomic mass is 32.2. The number of nitrogens with two attached hydrogens (primary N) is 1. The molecule has 2 N–H and O–H groups in total. The van der Waals surface area contributed by atoms with Crippen molar-refractivity contribution in [3.8, 4) is 0 Å². The van der Waals surface area contributed by atoms with Crippen molar-refractivity contribution in [2.45, 2.75) is 31.2 Å². The molecule has 1 aromatic rings. The zero-order valence-electron chi connectivity index (χ0n) is 8.31. The zero-order valence-corrected chi connectivity index (χ0v) is 9.13. The average Bonchev–Trinajstić information content (AvgIpc) is 2.66. The van der Waals surface area contributed by atoms with Gasteiger partial charge in [-0.15, -0.1) is 0 Å². The summed E-state index contributed by atoms with van der Waals surface area (Å²) in [7, 11) is -2.91. The first-order valence-corrected chi connectivity index (χ1v) is 6.93. The van der Waals surface area contributed by atoms with Crippen LogP contribution in [0.25, 0.3) is 0 Å². The molecule has 0 fully saturated rings. The monoisotopic (exact) mass is 227 g/mol. The molecule has 1 unspecified atom stereocenters. The van der Waals surface area contributed by atoms with Gasteiger partial charge in [-0.3, -0.25) is 0 Å². The van der Waals surface area contributed by atoms with Gasteiger partial charge in [-0.2, -0.15) is 0 Å². The Balaban J connectivity index is 2.14. The van der Waals surface area contributed by atoms with Crippen LogP contribution in [0.1, 0.15) is 29.7 Å². The zero-order chi connectivity index (χ0) is 10.6. The molecule has 15 heavy (non-hydrogen) atoms. The Labute approximate surface area is 88.2 Å². The van der Waals surface area contributed by atoms with Gasteiger partial charge in [-0.05, 0) is 6.42 Å². The van der Waals surface area contributed by atoms with Crippen LogP contribution in [0.5, 0.6) is 0 Å². The summed E-state index contributed by atoms with van der Waals surface area (Å²) in [6, 6.07) is -0.0155. The third kappa shape index (κ3) is 1.32. The fourth-order valence-corrected chi connectivity index (χ4v) is 3.77. The summed E-state index contributed by atoms with van der Waals surface area (Å²) >= 11 is 0. The van der Waals surface area contributed by atoms with Gasteiger partial charge in [0.15, 0.2) is 9.84 Å². The number of sulfone groups is 1. The van der Waals surface area contributed by atoms with E-state index in [-0.39, 0.29) is 17.5 Å². The minimum absolute atomic E-state index is 0.0155. The fraction of sp³-hybridized carbons (Fsp3) is 0.667. The second-order valence-corrected chi connectivity index (χ2v) is 6.44. The standard InChI is InChI=1S/C9H13N3O2S/c10-6-1-3-12-8-5-15(13,14)4-2-7(8)11-9(6)12/h6H,1-5,10H2. The third-order valence-electron chi connectivity index (χ3n) is 3.19. The van der Waals surface area contributed by atoms with E-state index in [1.165, 1.54) is 0 Å². The number of imidazole rings is 1. The van der Waals surface area contributed by atoms with Crippen molar-refractivity contribution in [3.63, 3.8) is 0 Å². The van der Waals surface area contributed by atoms with Gasteiger partial charge in [-0.1, -0.05) is 0 Å². The van der Waals surface area contributed by atoms with Gasteiger partial charge < -0.3 is 10.3 Å². The van der Waals surface area contributed by atoms with Gasteiger partial charge >= 0.3 is 0 Å². The summed E-state index contributed by atoms with van der Waals surface area (Å²) < 4.78 is 25.0. The van der Waals surface area contributed by atoms with E-state index in [1.807, 2.05) is 4.57 Å². The number of aromatic nitrogens is 2. The van der Waals surface area contributed by atoms with Crippen LogP contribution < -0.4 is 5.73 Å². The van der Waals surface area contributed by atoms with Crippen LogP contribution in [0.15, 0.2) is 0 Å². The first kappa shape index (κ1) is 9.35. The molecule has 1 atom stereocenters. The van der Waals surface area contributed by atoms with Crippen molar-refractivity contribution < 1.29 is 8.42 Å². The Morgan fingerprint density at radius 3 is 3.07 bits per heavy atom. The van der Waals surface area contributed by atoms with E-state index in [0.717, 1.165) is 30.2 Å². The van der Waals surface area contributed by atoms with E-state index in [1.54, 1.807) is 0 Å². The minimum Gasteiger partial charge on any atom is -0.329 e. The summed E-state index contributed by atoms with van der Waals surface area (Å²) in [6.07, 6.45) is 1.42. The maximum absolute atomic E-state index is 11.5. The number of nitrogens with zero attached hydrogens (tertiary/aromatic N) is 2. The van der Waals surface area contributed by atoms with Crippen LogP contribution in [0.4, 0.5) is 0 Å². The molecule has 0 amide bonds. The van der Waals surface area contributed by atoms with Crippen molar-refractivity contribution in [2.24, 2.45) is 5.73 Å². The number of hydrogen-bond acceptors (Lipinski definition) is 4. The maximum Gasteiger partial charge on any atom is 0.156 e. The molecular weight excluding hydrogens is 214 g/mol. The first-order valence-electron chi connectivity index (χ1n) is 5.11. The van der Waals surface area contributed by atoms with Crippen LogP contribution in [0.2, 0.25) is 0 Å². The summed E-state index contributed by atoms with van der Waals surface area (Å²) in [5.74, 6) is 1.24. The molecule has 0 saturated heterocycles. The molecule has 2 aliphatic rings. The SMILES string of the molecule is NC1CCn2c1nc1c2CS(=O)(=O)CC1. The highest BCUT2D eigenvalue weighted by molar-refractivity contribution is 7.90. The van der Waals surface area contributed by atoms with Crippen LogP contribution in [-0.2, 0) is 28.6 Å². The molecule has 0 aliphatic carbocycles. The van der Waals surface area contributed by atoms with Crippen molar-refractivity contribution in [3.05, 3.63) is 17.2 Å². The van der Waals surface area contributed by atoms with E-state index in [9.17, 15) is 8.42 Å². The van der Waals surface area contributed by atoms with Gasteiger partial charge in [0.05, 0.1) is 28.9 Å². The Bertz CT molecular complexity index is 518. The molecule has 0 spiro atoms. The van der Waals surface area contributed by atoms with Gasteiger partial charge in [0.25, 0.3) is 0 Å². The lowest BCUT2D eigenvalue weighted by Gasteiger charge is -2.13. The quantitative estimate of drug-likeness (QED) is 0.663. The molecule has 0 saturated carbocycles. The molecule has 1 aromatic heterocycles. The van der Waals surface area contributed by atoms with Gasteiger partial charge in [0.2, 0.25) is 0 Å². The van der Waals surface area contributed by atoms with E-state index in [4.69, 9.17) is 5.73 Å². The molecule has 6 heteroatoms. The maximum atomic E-state index is 11.5. The molecule has 82 valence electrons. The largest absolute Gasteiger partial charge is 0.329 e. The lowest BCUT2D eigenvalue weighted by Crippen LogP contribution is -2.20. The normalized spacial score (nSPS) is 27.4. The summed E-state index contributed by atoms with van der Waals surface area (Å²) in [5, 5.41) is 0. The number of fused-ring (bicyclic) bond motifs is 3. The molecule has 0 radical (unpaired) electrons. The Morgan fingerprint density at radius 2 is 2.27 bits per heavy atom. The second-order valence-electron chi connectivity index (χ2n) is 4.25. The Morgan fingerprint density at radius 1 is 1.47 bits per heavy atom. The van der Waals surface area contributed by atoms with Gasteiger partial charge in [0, 0.05) is 13.0 Å². The molecule has 0 bridgehead atoms. The van der Waals surface area contributed by atoms with E-state index in [0.29, 0.717) is 6.42 Å². The van der Waals surface area contributed by atoms with Crippen molar-refractivity contribution >= 4 is 9.84 Å². The molecule has 5 nitrogen and oxygen atoms in total. The van der Waals surface area contributed by atoms with E-state index >= 15 is 0 Å². The Kier molecular flexibility index (Phi) is 1.76. The summed E-state index contributed by atoms with van der Waals surface area (Å²) in [5.41, 5.74) is 7.71. The third-order valence-corrected chi connectivity index (χ3v) is 4.73. The lowest BCUT2D eigenvalue weighted by atomic mass is 10.2. The average molecular weight is 227 g/mol. The molecule has 3 rings (SSSR count). The van der Waals surface area contributed by atoms with E-state index in [2.05, 4.69) is 4.98 Å². The van der Waals surface area contributed by atoms with Crippen molar-refractivity contribution in [1.82, 2.24) is 9.55 Å². The van der Waals surface area contributed by atoms with Gasteiger partial charge in [0.1, 0.15) is 5.82 Å². The highest BCUT2D eigenvalue weighted by Crippen LogP contribution is 2.30. The van der Waals surface area contributed by atoms with Crippen LogP contribution in [0, 0.1) is 0 Å². The van der Waals surface area contributed by atoms with Crippen LogP contribution in [-0.4, -0.2) is 23.7 Å². The van der Waals surface area contributed by atoms with E-state index < -0.39 is 9.84 Å². The number of rotatable bonds is 0. The van der Waals surface area contributed by atoms with Crippen LogP contribution >= 0.6 is 0 Å². The van der Waals surface area contributed by atoms with Crippen molar-refractivity contribution in [2.75, 3.05) is 5.75 Å². The predicted octanol–water partition coefficient (Wildman–Crippen LogP) is -0.242. The smallest absolute Gasteiger partial charge is 0.156 e. The highest BCUT2D eigenvalue weighted by Gasteiger charge is 2.32. The molecule has 0 aromatic carbocycles. The van der Waals surface area contributed by atoms with Crippen LogP contribution in [0.3, 0.4) is 0 Å². The first-order chi connectivity index (χ1) is 7.07. The fourth-order valence-electron chi connectivity index (χ4n) is 2.38. The lowest BCUT2D eigenvalue weighted by molar-refractivity contribution is 0.585. The summed E-state index contributed by atoms with van der Waals surface area (Å²) in [6.45, 7) is 0.814. The number of aryl methyl sites for hydroxylation is 1. The molecule has 3 heterocycles. The Hall–Kier alpha value is -0.880. The summed E-state index contributed by atoms with van der Waals surface area (Å²) in [4.78, 5) is 4.45. The van der Waals surface area contributed by atoms with Crippen molar-refractivity contribution in [1.29, 1.82) is 0 Å². The minimum atomic E-state index is -2.91. The predicted molar refractivity (Wildman–Crippen MR) is 55.0 cm³/mol. The molecule has 2 aliphatic heterocycles. The van der Waals surface area contributed by atoms with Gasteiger partial charge in [-0.25, -0.2) is 13.4 Å². The number of hydrogen-bond donors (Lipinski definition) is 1.